The molecule has 0 aromatic heterocycles. The van der Waals surface area contributed by atoms with E-state index in [1.54, 1.807) is 12.6 Å². The molecule has 3 unspecified atom stereocenters. The van der Waals surface area contributed by atoms with Crippen molar-refractivity contribution < 1.29 is 9.90 Å². The molecule has 0 aromatic carbocycles. The number of carboxylic acid groups (broad SMARTS) is 1. The van der Waals surface area contributed by atoms with Crippen LogP contribution in [0.25, 0.3) is 0 Å². The first-order valence-corrected chi connectivity index (χ1v) is 3.81. The molecular formula is C7H9N3O2. The first kappa shape index (κ1) is 7.27. The number of nitrogens with zero attached hydrogens (tertiary/aromatic N) is 2. The van der Waals surface area contributed by atoms with Gasteiger partial charge >= 0.3 is 5.97 Å². The third-order valence-electron chi connectivity index (χ3n) is 2.15. The molecule has 0 bridgehead atoms. The van der Waals surface area contributed by atoms with Gasteiger partial charge in [-0.05, 0) is 0 Å². The fraction of sp³-hybridized carbons (Fsp3) is 0.571. The van der Waals surface area contributed by atoms with Crippen LogP contribution < -0.4 is 5.32 Å². The largest absolute Gasteiger partial charge is 0.480 e. The maximum absolute atomic E-state index is 10.7. The summed E-state index contributed by atoms with van der Waals surface area (Å²) in [6.07, 6.45) is 3.98. The predicted octanol–water partition coefficient (Wildman–Crippen LogP) is -0.717. The predicted molar refractivity (Wildman–Crippen MR) is 43.7 cm³/mol. The molecule has 5 nitrogen and oxygen atoms in total. The first-order chi connectivity index (χ1) is 5.79. The van der Waals surface area contributed by atoms with Gasteiger partial charge in [-0.3, -0.25) is 9.98 Å². The Morgan fingerprint density at radius 1 is 1.58 bits per heavy atom. The van der Waals surface area contributed by atoms with Gasteiger partial charge in [0.2, 0.25) is 0 Å². The zero-order valence-electron chi connectivity index (χ0n) is 6.34. The van der Waals surface area contributed by atoms with Gasteiger partial charge in [0.1, 0.15) is 6.04 Å². The average Bonchev–Trinajstić information content (AvgIpc) is 2.49. The number of carbonyl (C=O) groups is 1. The summed E-state index contributed by atoms with van der Waals surface area (Å²) in [4.78, 5) is 18.6. The topological polar surface area (TPSA) is 74.0 Å². The highest BCUT2D eigenvalue weighted by atomic mass is 16.4. The Balaban J connectivity index is 2.22. The number of aliphatic carboxylic acids is 1. The minimum atomic E-state index is -0.901. The van der Waals surface area contributed by atoms with E-state index >= 15 is 0 Å². The van der Waals surface area contributed by atoms with Crippen LogP contribution in [0.1, 0.15) is 6.42 Å². The van der Waals surface area contributed by atoms with Gasteiger partial charge in [0.25, 0.3) is 0 Å². The minimum absolute atomic E-state index is 0.128. The molecule has 0 saturated heterocycles. The van der Waals surface area contributed by atoms with E-state index in [0.29, 0.717) is 0 Å². The molecule has 0 radical (unpaired) electrons. The van der Waals surface area contributed by atoms with Gasteiger partial charge in [-0.2, -0.15) is 0 Å². The highest BCUT2D eigenvalue weighted by Crippen LogP contribution is 2.18. The van der Waals surface area contributed by atoms with Crippen LogP contribution in [0.2, 0.25) is 0 Å². The molecule has 2 heterocycles. The maximum atomic E-state index is 10.7. The van der Waals surface area contributed by atoms with Crippen LogP contribution in [0, 0.1) is 0 Å². The van der Waals surface area contributed by atoms with Crippen molar-refractivity contribution >= 4 is 18.5 Å². The molecular weight excluding hydrogens is 158 g/mol. The van der Waals surface area contributed by atoms with E-state index in [-0.39, 0.29) is 12.1 Å². The second-order valence-electron chi connectivity index (χ2n) is 2.89. The van der Waals surface area contributed by atoms with Crippen LogP contribution in [0.4, 0.5) is 0 Å². The molecule has 2 rings (SSSR count). The molecule has 0 amide bonds. The summed E-state index contributed by atoms with van der Waals surface area (Å²) < 4.78 is 0. The zero-order valence-corrected chi connectivity index (χ0v) is 6.34. The molecule has 5 heteroatoms. The minimum Gasteiger partial charge on any atom is -0.480 e. The number of aliphatic imine (C=N–C) groups is 2. The molecule has 0 fully saturated rings. The van der Waals surface area contributed by atoms with E-state index in [1.807, 2.05) is 0 Å². The van der Waals surface area contributed by atoms with Gasteiger partial charge in [0.05, 0.1) is 12.4 Å². The van der Waals surface area contributed by atoms with E-state index in [9.17, 15) is 4.79 Å². The van der Waals surface area contributed by atoms with Crippen LogP contribution in [-0.4, -0.2) is 41.8 Å². The van der Waals surface area contributed by atoms with E-state index in [2.05, 4.69) is 15.3 Å². The standard InChI is InChI=1S/C7H9N3O2/c11-7(12)6-5-4(1-2-8-6)9-3-10-5/h2-6H,1H2,(H,9,10)(H,11,12). The Labute approximate surface area is 69.2 Å². The summed E-state index contributed by atoms with van der Waals surface area (Å²) in [6.45, 7) is 0. The molecule has 2 aliphatic heterocycles. The van der Waals surface area contributed by atoms with Crippen molar-refractivity contribution in [3.05, 3.63) is 0 Å². The van der Waals surface area contributed by atoms with Crippen molar-refractivity contribution in [2.75, 3.05) is 0 Å². The number of hydrogen-bond donors (Lipinski definition) is 2. The lowest BCUT2D eigenvalue weighted by molar-refractivity contribution is -0.139. The molecule has 0 saturated carbocycles. The van der Waals surface area contributed by atoms with Gasteiger partial charge in [-0.25, -0.2) is 4.79 Å². The average molecular weight is 167 g/mol. The zero-order chi connectivity index (χ0) is 8.55. The van der Waals surface area contributed by atoms with Crippen LogP contribution in [0.5, 0.6) is 0 Å². The van der Waals surface area contributed by atoms with Gasteiger partial charge in [-0.15, -0.1) is 0 Å². The summed E-state index contributed by atoms with van der Waals surface area (Å²) in [5.74, 6) is -0.901. The van der Waals surface area contributed by atoms with Gasteiger partial charge in [0.15, 0.2) is 6.04 Å². The Kier molecular flexibility index (Phi) is 1.56. The summed E-state index contributed by atoms with van der Waals surface area (Å²) >= 11 is 0. The van der Waals surface area contributed by atoms with Crippen LogP contribution in [0.15, 0.2) is 9.98 Å². The Morgan fingerprint density at radius 3 is 3.17 bits per heavy atom. The summed E-state index contributed by atoms with van der Waals surface area (Å²) in [6, 6.07) is -0.786. The lowest BCUT2D eigenvalue weighted by Crippen LogP contribution is -2.45. The van der Waals surface area contributed by atoms with Crippen LogP contribution in [0.3, 0.4) is 0 Å². The number of rotatable bonds is 1. The van der Waals surface area contributed by atoms with Crippen molar-refractivity contribution in [1.82, 2.24) is 5.32 Å². The second kappa shape index (κ2) is 2.58. The highest BCUT2D eigenvalue weighted by molar-refractivity contribution is 5.80. The normalized spacial score (nSPS) is 37.5. The van der Waals surface area contributed by atoms with Crippen molar-refractivity contribution in [2.45, 2.75) is 24.5 Å². The number of hydrogen-bond acceptors (Lipinski definition) is 4. The van der Waals surface area contributed by atoms with E-state index < -0.39 is 12.0 Å². The van der Waals surface area contributed by atoms with Crippen molar-refractivity contribution in [1.29, 1.82) is 0 Å². The number of fused-ring (bicyclic) bond motifs is 1. The molecule has 0 aromatic rings. The van der Waals surface area contributed by atoms with Gasteiger partial charge in [-0.1, -0.05) is 0 Å². The molecule has 0 spiro atoms. The molecule has 3 atom stereocenters. The monoisotopic (exact) mass is 167 g/mol. The van der Waals surface area contributed by atoms with Crippen molar-refractivity contribution in [3.63, 3.8) is 0 Å². The lowest BCUT2D eigenvalue weighted by Gasteiger charge is -2.23. The molecule has 12 heavy (non-hydrogen) atoms. The molecule has 64 valence electrons. The number of nitrogens with one attached hydrogen (secondary N) is 1. The van der Waals surface area contributed by atoms with Crippen LogP contribution in [-0.2, 0) is 4.79 Å². The molecule has 2 aliphatic rings. The third kappa shape index (κ3) is 0.975. The van der Waals surface area contributed by atoms with Crippen molar-refractivity contribution in [3.8, 4) is 0 Å². The Morgan fingerprint density at radius 2 is 2.42 bits per heavy atom. The van der Waals surface area contributed by atoms with E-state index in [1.165, 1.54) is 0 Å². The fourth-order valence-corrected chi connectivity index (χ4v) is 1.52. The summed E-state index contributed by atoms with van der Waals surface area (Å²) in [7, 11) is 0. The Bertz CT molecular complexity index is 261. The highest BCUT2D eigenvalue weighted by Gasteiger charge is 2.37. The smallest absolute Gasteiger partial charge is 0.330 e. The van der Waals surface area contributed by atoms with Crippen LogP contribution >= 0.6 is 0 Å². The van der Waals surface area contributed by atoms with E-state index in [0.717, 1.165) is 6.42 Å². The maximum Gasteiger partial charge on any atom is 0.330 e. The first-order valence-electron chi connectivity index (χ1n) is 3.81. The van der Waals surface area contributed by atoms with Crippen molar-refractivity contribution in [2.24, 2.45) is 9.98 Å². The molecule has 2 N–H and O–H groups in total. The SMILES string of the molecule is O=C(O)C1N=CCC2NC=NC21. The summed E-state index contributed by atoms with van der Waals surface area (Å²) in [5, 5.41) is 11.8. The second-order valence-corrected chi connectivity index (χ2v) is 2.89. The molecule has 0 aliphatic carbocycles. The third-order valence-corrected chi connectivity index (χ3v) is 2.15. The Hall–Kier alpha value is -1.39. The van der Waals surface area contributed by atoms with E-state index in [4.69, 9.17) is 5.11 Å². The van der Waals surface area contributed by atoms with Gasteiger partial charge < -0.3 is 10.4 Å². The number of carboxylic acids is 1. The van der Waals surface area contributed by atoms with Gasteiger partial charge in [0, 0.05) is 12.6 Å². The quantitative estimate of drug-likeness (QED) is 0.541. The fourth-order valence-electron chi connectivity index (χ4n) is 1.52. The summed E-state index contributed by atoms with van der Waals surface area (Å²) in [5.41, 5.74) is 0. The lowest BCUT2D eigenvalue weighted by atomic mass is 9.97.